The zero-order valence-corrected chi connectivity index (χ0v) is 14.8. The maximum Gasteiger partial charge on any atom is 0.255 e. The first-order valence-corrected chi connectivity index (χ1v) is 9.43. The first-order valence-electron chi connectivity index (χ1n) is 9.43. The van der Waals surface area contributed by atoms with E-state index in [0.29, 0.717) is 5.92 Å². The highest BCUT2D eigenvalue weighted by atomic mass is 16.2. The van der Waals surface area contributed by atoms with Crippen LogP contribution in [0.3, 0.4) is 0 Å². The molecule has 0 atom stereocenters. The molecule has 132 valence electrons. The van der Waals surface area contributed by atoms with E-state index < -0.39 is 0 Å². The van der Waals surface area contributed by atoms with Gasteiger partial charge >= 0.3 is 0 Å². The maximum atomic E-state index is 12.7. The smallest absolute Gasteiger partial charge is 0.255 e. The summed E-state index contributed by atoms with van der Waals surface area (Å²) in [6.45, 7) is 4.94. The molecule has 0 aromatic carbocycles. The second kappa shape index (κ2) is 8.47. The van der Waals surface area contributed by atoms with Crippen molar-refractivity contribution in [2.24, 2.45) is 5.92 Å². The molecule has 3 rings (SSSR count). The molecule has 0 aliphatic carbocycles. The number of amides is 1. The largest absolute Gasteiger partial charge is 0.357 e. The third-order valence-corrected chi connectivity index (χ3v) is 5.32. The molecule has 24 heavy (non-hydrogen) atoms. The number of carbonyl (C=O) groups is 1. The molecule has 1 amide bonds. The van der Waals surface area contributed by atoms with Crippen LogP contribution in [0.1, 0.15) is 48.9 Å². The normalized spacial score (nSPS) is 20.0. The first kappa shape index (κ1) is 17.2. The highest BCUT2D eigenvalue weighted by Gasteiger charge is 2.23. The Morgan fingerprint density at radius 1 is 1.12 bits per heavy atom. The van der Waals surface area contributed by atoms with Crippen molar-refractivity contribution in [2.75, 3.05) is 44.7 Å². The van der Waals surface area contributed by atoms with Crippen molar-refractivity contribution < 1.29 is 4.79 Å². The number of hydrogen-bond donors (Lipinski definition) is 1. The van der Waals surface area contributed by atoms with E-state index in [-0.39, 0.29) is 5.91 Å². The molecule has 0 radical (unpaired) electrons. The van der Waals surface area contributed by atoms with Crippen LogP contribution in [-0.2, 0) is 0 Å². The predicted molar refractivity (Wildman–Crippen MR) is 97.5 cm³/mol. The van der Waals surface area contributed by atoms with Crippen molar-refractivity contribution in [1.82, 2.24) is 15.2 Å². The third-order valence-electron chi connectivity index (χ3n) is 5.32. The number of nitrogens with one attached hydrogen (secondary N) is 1. The van der Waals surface area contributed by atoms with Gasteiger partial charge in [0.2, 0.25) is 0 Å². The predicted octanol–water partition coefficient (Wildman–Crippen LogP) is 2.53. The summed E-state index contributed by atoms with van der Waals surface area (Å²) in [5, 5.41) is 3.24. The van der Waals surface area contributed by atoms with E-state index in [1.54, 1.807) is 6.20 Å². The summed E-state index contributed by atoms with van der Waals surface area (Å²) in [7, 11) is 2.00. The molecule has 2 aliphatic heterocycles. The highest BCUT2D eigenvalue weighted by Crippen LogP contribution is 2.20. The lowest BCUT2D eigenvalue weighted by Crippen LogP contribution is -2.40. The monoisotopic (exact) mass is 330 g/mol. The summed E-state index contributed by atoms with van der Waals surface area (Å²) in [6, 6.07) is 3.97. The van der Waals surface area contributed by atoms with Gasteiger partial charge in [0.05, 0.1) is 5.56 Å². The summed E-state index contributed by atoms with van der Waals surface area (Å²) >= 11 is 0. The van der Waals surface area contributed by atoms with Crippen molar-refractivity contribution in [2.45, 2.75) is 38.5 Å². The Morgan fingerprint density at radius 2 is 1.83 bits per heavy atom. The number of carbonyl (C=O) groups excluding carboxylic acids is 1. The van der Waals surface area contributed by atoms with Gasteiger partial charge in [-0.05, 0) is 57.3 Å². The fraction of sp³-hybridized carbons (Fsp3) is 0.684. The van der Waals surface area contributed by atoms with Gasteiger partial charge in [-0.3, -0.25) is 4.79 Å². The Bertz CT molecular complexity index is 515. The van der Waals surface area contributed by atoms with Crippen LogP contribution in [-0.4, -0.2) is 55.6 Å². The molecule has 1 aromatic rings. The Balaban J connectivity index is 1.58. The summed E-state index contributed by atoms with van der Waals surface area (Å²) in [5.74, 6) is 1.84. The van der Waals surface area contributed by atoms with Crippen LogP contribution in [0, 0.1) is 5.92 Å². The molecule has 2 aliphatic rings. The van der Waals surface area contributed by atoms with Crippen LogP contribution in [0.15, 0.2) is 18.3 Å². The van der Waals surface area contributed by atoms with E-state index in [9.17, 15) is 4.79 Å². The molecule has 5 heteroatoms. The lowest BCUT2D eigenvalue weighted by Gasteiger charge is -2.32. The Kier molecular flexibility index (Phi) is 6.07. The molecule has 2 fully saturated rings. The third kappa shape index (κ3) is 4.26. The standard InChI is InChI=1S/C19H30N4O/c1-20-14-16-8-12-23(13-9-16)19(24)17-6-7-18(21-15-17)22-10-4-2-3-5-11-22/h6-7,15-16,20H,2-5,8-14H2,1H3. The molecular weight excluding hydrogens is 300 g/mol. The quantitative estimate of drug-likeness (QED) is 0.922. The number of likely N-dealkylation sites (tertiary alicyclic amines) is 1. The van der Waals surface area contributed by atoms with Gasteiger partial charge < -0.3 is 15.1 Å². The van der Waals surface area contributed by atoms with Gasteiger partial charge in [0.15, 0.2) is 0 Å². The minimum atomic E-state index is 0.132. The van der Waals surface area contributed by atoms with Crippen molar-refractivity contribution in [3.63, 3.8) is 0 Å². The van der Waals surface area contributed by atoms with E-state index in [0.717, 1.165) is 56.9 Å². The molecule has 0 saturated carbocycles. The lowest BCUT2D eigenvalue weighted by molar-refractivity contribution is 0.0690. The van der Waals surface area contributed by atoms with Crippen molar-refractivity contribution in [3.05, 3.63) is 23.9 Å². The van der Waals surface area contributed by atoms with Gasteiger partial charge in [-0.25, -0.2) is 4.98 Å². The second-order valence-electron chi connectivity index (χ2n) is 7.10. The van der Waals surface area contributed by atoms with E-state index >= 15 is 0 Å². The number of pyridine rings is 1. The van der Waals surface area contributed by atoms with Gasteiger partial charge in [0.1, 0.15) is 5.82 Å². The van der Waals surface area contributed by atoms with Crippen molar-refractivity contribution in [1.29, 1.82) is 0 Å². The fourth-order valence-electron chi connectivity index (χ4n) is 3.81. The maximum absolute atomic E-state index is 12.7. The van der Waals surface area contributed by atoms with Gasteiger partial charge in [0, 0.05) is 32.4 Å². The van der Waals surface area contributed by atoms with Crippen molar-refractivity contribution >= 4 is 11.7 Å². The fourth-order valence-corrected chi connectivity index (χ4v) is 3.81. The molecule has 0 spiro atoms. The molecule has 1 aromatic heterocycles. The minimum Gasteiger partial charge on any atom is -0.357 e. The Hall–Kier alpha value is -1.62. The molecule has 0 unspecified atom stereocenters. The molecule has 1 N–H and O–H groups in total. The molecule has 0 bridgehead atoms. The van der Waals surface area contributed by atoms with Gasteiger partial charge in [-0.2, -0.15) is 0 Å². The van der Waals surface area contributed by atoms with Gasteiger partial charge in [-0.1, -0.05) is 12.8 Å². The number of piperidine rings is 1. The molecule has 3 heterocycles. The molecular formula is C19H30N4O. The summed E-state index contributed by atoms with van der Waals surface area (Å²) < 4.78 is 0. The van der Waals surface area contributed by atoms with E-state index in [1.165, 1.54) is 25.7 Å². The van der Waals surface area contributed by atoms with E-state index in [1.807, 2.05) is 24.1 Å². The minimum absolute atomic E-state index is 0.132. The van der Waals surface area contributed by atoms with Gasteiger partial charge in [0.25, 0.3) is 5.91 Å². The highest BCUT2D eigenvalue weighted by molar-refractivity contribution is 5.94. The Morgan fingerprint density at radius 3 is 2.42 bits per heavy atom. The summed E-state index contributed by atoms with van der Waals surface area (Å²) in [6.07, 6.45) is 9.06. The van der Waals surface area contributed by atoms with Crippen LogP contribution in [0.2, 0.25) is 0 Å². The van der Waals surface area contributed by atoms with E-state index in [2.05, 4.69) is 15.2 Å². The van der Waals surface area contributed by atoms with Crippen LogP contribution >= 0.6 is 0 Å². The lowest BCUT2D eigenvalue weighted by atomic mass is 9.96. The summed E-state index contributed by atoms with van der Waals surface area (Å²) in [5.41, 5.74) is 0.723. The zero-order chi connectivity index (χ0) is 16.8. The average Bonchev–Trinajstić information content (AvgIpc) is 2.92. The molecule has 2 saturated heterocycles. The topological polar surface area (TPSA) is 48.5 Å². The molecule has 5 nitrogen and oxygen atoms in total. The Labute approximate surface area is 145 Å². The number of hydrogen-bond acceptors (Lipinski definition) is 4. The number of aromatic nitrogens is 1. The SMILES string of the molecule is CNCC1CCN(C(=O)c2ccc(N3CCCCCC3)nc2)CC1. The van der Waals surface area contributed by atoms with Crippen LogP contribution in [0.5, 0.6) is 0 Å². The average molecular weight is 330 g/mol. The van der Waals surface area contributed by atoms with E-state index in [4.69, 9.17) is 0 Å². The summed E-state index contributed by atoms with van der Waals surface area (Å²) in [4.78, 5) is 21.6. The van der Waals surface area contributed by atoms with Crippen molar-refractivity contribution in [3.8, 4) is 0 Å². The van der Waals surface area contributed by atoms with Crippen LogP contribution in [0.25, 0.3) is 0 Å². The zero-order valence-electron chi connectivity index (χ0n) is 14.8. The number of rotatable bonds is 4. The van der Waals surface area contributed by atoms with Crippen LogP contribution in [0.4, 0.5) is 5.82 Å². The first-order chi connectivity index (χ1) is 11.8. The van der Waals surface area contributed by atoms with Crippen LogP contribution < -0.4 is 10.2 Å². The number of nitrogens with zero attached hydrogens (tertiary/aromatic N) is 3. The second-order valence-corrected chi connectivity index (χ2v) is 7.10. The number of anilines is 1. The van der Waals surface area contributed by atoms with Gasteiger partial charge in [-0.15, -0.1) is 0 Å².